The fraction of sp³-hybridized carbons (Fsp3) is 0.643. The van der Waals surface area contributed by atoms with E-state index in [1.165, 1.54) is 11.6 Å². The highest BCUT2D eigenvalue weighted by atomic mass is 16.2. The topological polar surface area (TPSA) is 77.1 Å². The van der Waals surface area contributed by atoms with E-state index in [1.54, 1.807) is 7.05 Å². The summed E-state index contributed by atoms with van der Waals surface area (Å²) in [5, 5.41) is 3.26. The van der Waals surface area contributed by atoms with Crippen molar-refractivity contribution in [1.29, 1.82) is 0 Å². The van der Waals surface area contributed by atoms with Gasteiger partial charge in [0, 0.05) is 33.2 Å². The van der Waals surface area contributed by atoms with Crippen molar-refractivity contribution in [2.45, 2.75) is 19.9 Å². The number of rotatable bonds is 5. The van der Waals surface area contributed by atoms with Crippen LogP contribution in [0.2, 0.25) is 0 Å². The van der Waals surface area contributed by atoms with E-state index in [9.17, 15) is 9.59 Å². The van der Waals surface area contributed by atoms with Crippen molar-refractivity contribution in [1.82, 2.24) is 23.6 Å². The number of fused-ring (bicyclic) bond motifs is 1. The molecular formula is C14H24N6O2. The van der Waals surface area contributed by atoms with Crippen molar-refractivity contribution >= 4 is 17.1 Å². The highest BCUT2D eigenvalue weighted by Crippen LogP contribution is 2.20. The maximum atomic E-state index is 12.5. The lowest BCUT2D eigenvalue weighted by Gasteiger charge is -2.15. The van der Waals surface area contributed by atoms with Gasteiger partial charge in [0.05, 0.1) is 0 Å². The van der Waals surface area contributed by atoms with E-state index >= 15 is 0 Å². The number of likely N-dealkylation sites (N-methyl/N-ethyl adjacent to an activating group) is 1. The quantitative estimate of drug-likeness (QED) is 0.840. The molecule has 0 unspecified atom stereocenters. The number of hydrogen-bond acceptors (Lipinski definition) is 5. The lowest BCUT2D eigenvalue weighted by molar-refractivity contribution is 0.424. The molecule has 1 N–H and O–H groups in total. The minimum absolute atomic E-state index is 0.0528. The number of aromatic nitrogens is 4. The average molecular weight is 308 g/mol. The molecule has 0 saturated heterocycles. The maximum absolute atomic E-state index is 12.5. The molecule has 0 saturated carbocycles. The van der Waals surface area contributed by atoms with Gasteiger partial charge < -0.3 is 14.8 Å². The largest absolute Gasteiger partial charge is 0.354 e. The van der Waals surface area contributed by atoms with E-state index in [2.05, 4.69) is 15.2 Å². The maximum Gasteiger partial charge on any atom is 0.332 e. The Morgan fingerprint density at radius 3 is 2.36 bits per heavy atom. The summed E-state index contributed by atoms with van der Waals surface area (Å²) in [6, 6.07) is 0.0528. The molecule has 0 radical (unpaired) electrons. The smallest absolute Gasteiger partial charge is 0.332 e. The van der Waals surface area contributed by atoms with Crippen LogP contribution in [0.15, 0.2) is 9.59 Å². The van der Waals surface area contributed by atoms with Crippen molar-refractivity contribution < 1.29 is 0 Å². The molecule has 0 aliphatic carbocycles. The van der Waals surface area contributed by atoms with Gasteiger partial charge in [0.1, 0.15) is 0 Å². The molecule has 2 heterocycles. The predicted molar refractivity (Wildman–Crippen MR) is 87.6 cm³/mol. The van der Waals surface area contributed by atoms with Gasteiger partial charge in [-0.25, -0.2) is 4.79 Å². The summed E-state index contributed by atoms with van der Waals surface area (Å²) in [7, 11) is 7.10. The van der Waals surface area contributed by atoms with E-state index < -0.39 is 0 Å². The third kappa shape index (κ3) is 2.66. The van der Waals surface area contributed by atoms with E-state index in [0.29, 0.717) is 23.7 Å². The zero-order valence-corrected chi connectivity index (χ0v) is 14.0. The molecular weight excluding hydrogens is 284 g/mol. The first kappa shape index (κ1) is 16.3. The van der Waals surface area contributed by atoms with E-state index in [0.717, 1.165) is 11.1 Å². The fourth-order valence-electron chi connectivity index (χ4n) is 2.43. The lowest BCUT2D eigenvalue weighted by atomic mass is 10.3. The monoisotopic (exact) mass is 308 g/mol. The Morgan fingerprint density at radius 1 is 1.18 bits per heavy atom. The number of anilines is 1. The molecule has 2 aromatic heterocycles. The molecule has 2 rings (SSSR count). The van der Waals surface area contributed by atoms with E-state index in [1.807, 2.05) is 32.5 Å². The zero-order valence-electron chi connectivity index (χ0n) is 14.0. The van der Waals surface area contributed by atoms with Crippen molar-refractivity contribution in [3.63, 3.8) is 0 Å². The Hall–Kier alpha value is -2.09. The zero-order chi connectivity index (χ0) is 16.6. The molecule has 122 valence electrons. The van der Waals surface area contributed by atoms with Gasteiger partial charge in [-0.1, -0.05) is 0 Å². The van der Waals surface area contributed by atoms with Crippen molar-refractivity contribution in [2.24, 2.45) is 14.1 Å². The first-order valence-electron chi connectivity index (χ1n) is 7.32. The summed E-state index contributed by atoms with van der Waals surface area (Å²) in [6.45, 7) is 5.53. The summed E-state index contributed by atoms with van der Waals surface area (Å²) < 4.78 is 4.38. The molecule has 0 atom stereocenters. The molecule has 0 aliphatic rings. The molecule has 0 aromatic carbocycles. The first-order chi connectivity index (χ1) is 10.3. The van der Waals surface area contributed by atoms with Crippen molar-refractivity contribution in [3.05, 3.63) is 20.8 Å². The van der Waals surface area contributed by atoms with Gasteiger partial charge in [0.15, 0.2) is 11.2 Å². The Bertz CT molecular complexity index is 796. The molecule has 0 bridgehead atoms. The minimum atomic E-state index is -0.370. The summed E-state index contributed by atoms with van der Waals surface area (Å²) >= 11 is 0. The van der Waals surface area contributed by atoms with Crippen LogP contribution in [0.25, 0.3) is 11.2 Å². The lowest BCUT2D eigenvalue weighted by Crippen LogP contribution is -2.37. The van der Waals surface area contributed by atoms with Gasteiger partial charge in [0.2, 0.25) is 5.95 Å². The Labute approximate surface area is 129 Å². The van der Waals surface area contributed by atoms with Crippen LogP contribution in [0.1, 0.15) is 19.9 Å². The molecule has 0 fully saturated rings. The molecule has 2 aromatic rings. The third-order valence-corrected chi connectivity index (χ3v) is 3.65. The van der Waals surface area contributed by atoms with Crippen LogP contribution >= 0.6 is 0 Å². The van der Waals surface area contributed by atoms with Gasteiger partial charge in [-0.2, -0.15) is 4.98 Å². The van der Waals surface area contributed by atoms with Crippen molar-refractivity contribution in [3.8, 4) is 0 Å². The molecule has 8 heteroatoms. The normalized spacial score (nSPS) is 11.8. The summed E-state index contributed by atoms with van der Waals surface area (Å²) in [5.74, 6) is 0.616. The van der Waals surface area contributed by atoms with Crippen LogP contribution in [0.4, 0.5) is 5.95 Å². The Balaban J connectivity index is 2.66. The molecule has 22 heavy (non-hydrogen) atoms. The second-order valence-corrected chi connectivity index (χ2v) is 6.01. The summed E-state index contributed by atoms with van der Waals surface area (Å²) in [5.41, 5.74) is 0.173. The SMILES string of the molecule is CC(C)n1c(NCCN(C)C)nc2c1c(=O)n(C)c(=O)n2C. The predicted octanol–water partition coefficient (Wildman–Crippen LogP) is -0.0119. The van der Waals surface area contributed by atoms with Gasteiger partial charge in [-0.05, 0) is 27.9 Å². The van der Waals surface area contributed by atoms with Crippen molar-refractivity contribution in [2.75, 3.05) is 32.5 Å². The number of hydrogen-bond donors (Lipinski definition) is 1. The van der Waals surface area contributed by atoms with E-state index in [4.69, 9.17) is 0 Å². The van der Waals surface area contributed by atoms with Gasteiger partial charge in [-0.15, -0.1) is 0 Å². The Morgan fingerprint density at radius 2 is 1.82 bits per heavy atom. The van der Waals surface area contributed by atoms with Crippen LogP contribution in [-0.4, -0.2) is 50.8 Å². The molecule has 0 aliphatic heterocycles. The number of aryl methyl sites for hydroxylation is 1. The number of imidazole rings is 1. The highest BCUT2D eigenvalue weighted by Gasteiger charge is 2.20. The Kier molecular flexibility index (Phi) is 4.41. The number of nitrogens with one attached hydrogen (secondary N) is 1. The minimum Gasteiger partial charge on any atom is -0.354 e. The van der Waals surface area contributed by atoms with Crippen LogP contribution in [0, 0.1) is 0 Å². The van der Waals surface area contributed by atoms with Gasteiger partial charge >= 0.3 is 5.69 Å². The third-order valence-electron chi connectivity index (χ3n) is 3.65. The van der Waals surface area contributed by atoms with E-state index in [-0.39, 0.29) is 17.3 Å². The van der Waals surface area contributed by atoms with Crippen LogP contribution < -0.4 is 16.6 Å². The molecule has 0 spiro atoms. The average Bonchev–Trinajstić information content (AvgIpc) is 2.82. The second kappa shape index (κ2) is 5.96. The highest BCUT2D eigenvalue weighted by molar-refractivity contribution is 5.74. The fourth-order valence-corrected chi connectivity index (χ4v) is 2.43. The van der Waals surface area contributed by atoms with Crippen LogP contribution in [0.3, 0.4) is 0 Å². The molecule has 8 nitrogen and oxygen atoms in total. The van der Waals surface area contributed by atoms with Gasteiger partial charge in [0.25, 0.3) is 5.56 Å². The van der Waals surface area contributed by atoms with Gasteiger partial charge in [-0.3, -0.25) is 13.9 Å². The van der Waals surface area contributed by atoms with Crippen LogP contribution in [-0.2, 0) is 14.1 Å². The van der Waals surface area contributed by atoms with Crippen LogP contribution in [0.5, 0.6) is 0 Å². The first-order valence-corrected chi connectivity index (χ1v) is 7.32. The summed E-state index contributed by atoms with van der Waals surface area (Å²) in [4.78, 5) is 31.1. The molecule has 0 amide bonds. The number of nitrogens with zero attached hydrogens (tertiary/aromatic N) is 5. The summed E-state index contributed by atoms with van der Waals surface area (Å²) in [6.07, 6.45) is 0. The second-order valence-electron chi connectivity index (χ2n) is 6.01. The standard InChI is InChI=1S/C14H24N6O2/c1-9(2)20-10-11(16-13(20)15-7-8-17(3)4)18(5)14(22)19(6)12(10)21/h9H,7-8H2,1-6H3,(H,15,16).